The minimum atomic E-state index is -0.178. The molecule has 0 unspecified atom stereocenters. The molecule has 3 nitrogen and oxygen atoms in total. The van der Waals surface area contributed by atoms with E-state index in [1.165, 1.54) is 0 Å². The van der Waals surface area contributed by atoms with Crippen LogP contribution in [0, 0.1) is 6.92 Å². The number of halogens is 1. The minimum Gasteiger partial charge on any atom is -0.451 e. The fourth-order valence-corrected chi connectivity index (χ4v) is 2.57. The zero-order valence-corrected chi connectivity index (χ0v) is 13.0. The van der Waals surface area contributed by atoms with Gasteiger partial charge in [-0.05, 0) is 37.1 Å². The fraction of sp³-hybridized carbons (Fsp3) is 0.167. The van der Waals surface area contributed by atoms with Crippen molar-refractivity contribution < 1.29 is 9.21 Å². The van der Waals surface area contributed by atoms with Gasteiger partial charge in [-0.15, -0.1) is 0 Å². The first-order chi connectivity index (χ1) is 10.6. The Labute approximate surface area is 133 Å². The van der Waals surface area contributed by atoms with Crippen LogP contribution in [0.1, 0.15) is 21.7 Å². The van der Waals surface area contributed by atoms with Crippen molar-refractivity contribution in [2.75, 3.05) is 6.54 Å². The predicted octanol–water partition coefficient (Wildman–Crippen LogP) is 4.37. The molecule has 0 saturated heterocycles. The van der Waals surface area contributed by atoms with Gasteiger partial charge in [0.25, 0.3) is 5.91 Å². The number of carbonyl (C=O) groups excluding carboxylic acids is 1. The SMILES string of the molecule is Cc1c(C(=O)NCCc2ccc(Cl)cc2)oc2ccccc12. The Kier molecular flexibility index (Phi) is 4.16. The first-order valence-corrected chi connectivity index (χ1v) is 7.54. The van der Waals surface area contributed by atoms with Crippen LogP contribution in [-0.4, -0.2) is 12.5 Å². The summed E-state index contributed by atoms with van der Waals surface area (Å²) in [5.41, 5.74) is 2.74. The van der Waals surface area contributed by atoms with Gasteiger partial charge in [-0.2, -0.15) is 0 Å². The third kappa shape index (κ3) is 3.00. The highest BCUT2D eigenvalue weighted by Crippen LogP contribution is 2.24. The molecule has 0 fully saturated rings. The zero-order chi connectivity index (χ0) is 15.5. The number of para-hydroxylation sites is 1. The third-order valence-corrected chi connectivity index (χ3v) is 3.91. The molecule has 1 aromatic heterocycles. The lowest BCUT2D eigenvalue weighted by molar-refractivity contribution is 0.0928. The van der Waals surface area contributed by atoms with Gasteiger partial charge in [0.15, 0.2) is 5.76 Å². The van der Waals surface area contributed by atoms with Gasteiger partial charge in [0.2, 0.25) is 0 Å². The average Bonchev–Trinajstić information content (AvgIpc) is 2.87. The van der Waals surface area contributed by atoms with E-state index in [0.29, 0.717) is 17.3 Å². The molecule has 3 rings (SSSR count). The molecule has 1 N–H and O–H groups in total. The van der Waals surface area contributed by atoms with Crippen LogP contribution in [0.2, 0.25) is 5.02 Å². The Balaban J connectivity index is 1.66. The van der Waals surface area contributed by atoms with E-state index in [0.717, 1.165) is 28.5 Å². The van der Waals surface area contributed by atoms with Crippen molar-refractivity contribution in [3.63, 3.8) is 0 Å². The molecule has 0 atom stereocenters. The summed E-state index contributed by atoms with van der Waals surface area (Å²) in [7, 11) is 0. The molecule has 0 bridgehead atoms. The summed E-state index contributed by atoms with van der Waals surface area (Å²) in [6, 6.07) is 15.3. The van der Waals surface area contributed by atoms with E-state index in [4.69, 9.17) is 16.0 Å². The second-order valence-electron chi connectivity index (χ2n) is 5.18. The van der Waals surface area contributed by atoms with E-state index in [2.05, 4.69) is 5.32 Å². The zero-order valence-electron chi connectivity index (χ0n) is 12.2. The second kappa shape index (κ2) is 6.24. The van der Waals surface area contributed by atoms with Crippen molar-refractivity contribution in [2.45, 2.75) is 13.3 Å². The molecule has 0 aliphatic heterocycles. The molecule has 2 aromatic carbocycles. The second-order valence-corrected chi connectivity index (χ2v) is 5.62. The molecule has 4 heteroatoms. The van der Waals surface area contributed by atoms with E-state index in [-0.39, 0.29) is 5.91 Å². The number of hydrogen-bond acceptors (Lipinski definition) is 2. The maximum absolute atomic E-state index is 12.3. The van der Waals surface area contributed by atoms with Gasteiger partial charge < -0.3 is 9.73 Å². The highest BCUT2D eigenvalue weighted by atomic mass is 35.5. The summed E-state index contributed by atoms with van der Waals surface area (Å²) in [6.45, 7) is 2.46. The lowest BCUT2D eigenvalue weighted by atomic mass is 10.1. The van der Waals surface area contributed by atoms with Gasteiger partial charge >= 0.3 is 0 Å². The molecule has 0 radical (unpaired) electrons. The number of aryl methyl sites for hydroxylation is 1. The number of nitrogens with one attached hydrogen (secondary N) is 1. The molecule has 1 heterocycles. The summed E-state index contributed by atoms with van der Waals surface area (Å²) in [6.07, 6.45) is 0.752. The molecule has 0 aliphatic rings. The Morgan fingerprint density at radius 3 is 2.59 bits per heavy atom. The maximum Gasteiger partial charge on any atom is 0.287 e. The lowest BCUT2D eigenvalue weighted by Gasteiger charge is -2.04. The van der Waals surface area contributed by atoms with Gasteiger partial charge in [0, 0.05) is 22.5 Å². The monoisotopic (exact) mass is 313 g/mol. The molecule has 0 spiro atoms. The van der Waals surface area contributed by atoms with Crippen LogP contribution in [0.15, 0.2) is 52.9 Å². The van der Waals surface area contributed by atoms with Crippen LogP contribution >= 0.6 is 11.6 Å². The summed E-state index contributed by atoms with van der Waals surface area (Å²) in [5, 5.41) is 4.59. The molecular formula is C18H16ClNO2. The van der Waals surface area contributed by atoms with Gasteiger partial charge in [-0.3, -0.25) is 4.79 Å². The maximum atomic E-state index is 12.3. The smallest absolute Gasteiger partial charge is 0.287 e. The van der Waals surface area contributed by atoms with Gasteiger partial charge in [0.05, 0.1) is 0 Å². The van der Waals surface area contributed by atoms with E-state index < -0.39 is 0 Å². The Bertz CT molecular complexity index is 806. The van der Waals surface area contributed by atoms with Crippen molar-refractivity contribution in [3.05, 3.63) is 70.4 Å². The summed E-state index contributed by atoms with van der Waals surface area (Å²) < 4.78 is 5.65. The number of hydrogen-bond donors (Lipinski definition) is 1. The van der Waals surface area contributed by atoms with Crippen LogP contribution in [-0.2, 0) is 6.42 Å². The van der Waals surface area contributed by atoms with Crippen LogP contribution in [0.25, 0.3) is 11.0 Å². The predicted molar refractivity (Wildman–Crippen MR) is 88.4 cm³/mol. The molecule has 0 saturated carbocycles. The standard InChI is InChI=1S/C18H16ClNO2/c1-12-15-4-2-3-5-16(15)22-17(12)18(21)20-11-10-13-6-8-14(19)9-7-13/h2-9H,10-11H2,1H3,(H,20,21). The summed E-state index contributed by atoms with van der Waals surface area (Å²) >= 11 is 5.85. The van der Waals surface area contributed by atoms with Crippen LogP contribution < -0.4 is 5.32 Å². The van der Waals surface area contributed by atoms with Crippen molar-refractivity contribution in [3.8, 4) is 0 Å². The summed E-state index contributed by atoms with van der Waals surface area (Å²) in [5.74, 6) is 0.208. The van der Waals surface area contributed by atoms with E-state index >= 15 is 0 Å². The van der Waals surface area contributed by atoms with E-state index in [1.807, 2.05) is 55.5 Å². The normalized spacial score (nSPS) is 10.8. The van der Waals surface area contributed by atoms with Gasteiger partial charge in [0.1, 0.15) is 5.58 Å². The number of amides is 1. The molecular weight excluding hydrogens is 298 g/mol. The number of rotatable bonds is 4. The molecule has 3 aromatic rings. The molecule has 112 valence electrons. The van der Waals surface area contributed by atoms with Crippen molar-refractivity contribution in [1.29, 1.82) is 0 Å². The first-order valence-electron chi connectivity index (χ1n) is 7.16. The molecule has 22 heavy (non-hydrogen) atoms. The number of fused-ring (bicyclic) bond motifs is 1. The van der Waals surface area contributed by atoms with Crippen LogP contribution in [0.5, 0.6) is 0 Å². The number of benzene rings is 2. The highest BCUT2D eigenvalue weighted by Gasteiger charge is 2.16. The minimum absolute atomic E-state index is 0.178. The Morgan fingerprint density at radius 1 is 1.14 bits per heavy atom. The van der Waals surface area contributed by atoms with Crippen molar-refractivity contribution >= 4 is 28.5 Å². The topological polar surface area (TPSA) is 42.2 Å². The van der Waals surface area contributed by atoms with Crippen molar-refractivity contribution in [1.82, 2.24) is 5.32 Å². The average molecular weight is 314 g/mol. The number of carbonyl (C=O) groups is 1. The largest absolute Gasteiger partial charge is 0.451 e. The molecule has 1 amide bonds. The van der Waals surface area contributed by atoms with E-state index in [1.54, 1.807) is 0 Å². The Hall–Kier alpha value is -2.26. The van der Waals surface area contributed by atoms with Crippen LogP contribution in [0.3, 0.4) is 0 Å². The van der Waals surface area contributed by atoms with Crippen molar-refractivity contribution in [2.24, 2.45) is 0 Å². The van der Waals surface area contributed by atoms with E-state index in [9.17, 15) is 4.79 Å². The van der Waals surface area contributed by atoms with Gasteiger partial charge in [-0.25, -0.2) is 0 Å². The number of furan rings is 1. The lowest BCUT2D eigenvalue weighted by Crippen LogP contribution is -2.25. The Morgan fingerprint density at radius 2 is 1.86 bits per heavy atom. The summed E-state index contributed by atoms with van der Waals surface area (Å²) in [4.78, 5) is 12.3. The fourth-order valence-electron chi connectivity index (χ4n) is 2.44. The molecule has 0 aliphatic carbocycles. The van der Waals surface area contributed by atoms with Crippen LogP contribution in [0.4, 0.5) is 0 Å². The first kappa shape index (κ1) is 14.7. The van der Waals surface area contributed by atoms with Gasteiger partial charge in [-0.1, -0.05) is 41.9 Å². The highest BCUT2D eigenvalue weighted by molar-refractivity contribution is 6.30. The third-order valence-electron chi connectivity index (χ3n) is 3.66. The quantitative estimate of drug-likeness (QED) is 0.777.